The fraction of sp³-hybridized carbons (Fsp3) is 0.333. The van der Waals surface area contributed by atoms with Gasteiger partial charge in [-0.05, 0) is 29.1 Å². The Hall–Kier alpha value is -1.67. The number of benzene rings is 1. The van der Waals surface area contributed by atoms with Crippen LogP contribution in [0.5, 0.6) is 5.75 Å². The van der Waals surface area contributed by atoms with E-state index in [0.717, 1.165) is 5.56 Å². The molecule has 0 saturated heterocycles. The van der Waals surface area contributed by atoms with Crippen molar-refractivity contribution in [1.82, 2.24) is 0 Å². The summed E-state index contributed by atoms with van der Waals surface area (Å²) in [5.74, 6) is 0.396. The lowest BCUT2D eigenvalue weighted by atomic mass is 10.0. The molecule has 0 heterocycles. The van der Waals surface area contributed by atoms with Crippen molar-refractivity contribution < 1.29 is 5.11 Å². The van der Waals surface area contributed by atoms with Crippen molar-refractivity contribution in [3.63, 3.8) is 0 Å². The molecule has 0 unspecified atom stereocenters. The van der Waals surface area contributed by atoms with Crippen molar-refractivity contribution in [3.05, 3.63) is 34.2 Å². The normalized spacial score (nSPS) is 9.77. The number of phenols is 1. The van der Waals surface area contributed by atoms with Crippen LogP contribution in [0.2, 0.25) is 0 Å². The van der Waals surface area contributed by atoms with Gasteiger partial charge in [0.05, 0.1) is 0 Å². The van der Waals surface area contributed by atoms with E-state index in [4.69, 9.17) is 10.6 Å². The number of nitrogens with zero attached hydrogens (tertiary/aromatic N) is 3. The molecule has 0 fully saturated rings. The molecule has 4 heteroatoms. The van der Waals surface area contributed by atoms with Crippen LogP contribution in [0.4, 0.5) is 5.69 Å². The van der Waals surface area contributed by atoms with Gasteiger partial charge in [-0.25, -0.2) is 0 Å². The second kappa shape index (κ2) is 3.83. The van der Waals surface area contributed by atoms with Crippen LogP contribution < -0.4 is 0 Å². The van der Waals surface area contributed by atoms with E-state index in [2.05, 4.69) is 10.0 Å². The molecule has 0 radical (unpaired) electrons. The minimum atomic E-state index is 0.117. The predicted octanol–water partition coefficient (Wildman–Crippen LogP) is 3.46. The van der Waals surface area contributed by atoms with Gasteiger partial charge in [0.25, 0.3) is 0 Å². The lowest BCUT2D eigenvalue weighted by Gasteiger charge is -2.08. The second-order valence-corrected chi connectivity index (χ2v) is 3.09. The molecule has 68 valence electrons. The first-order valence-electron chi connectivity index (χ1n) is 4.03. The van der Waals surface area contributed by atoms with Gasteiger partial charge in [-0.2, -0.15) is 0 Å². The Morgan fingerprint density at radius 1 is 1.46 bits per heavy atom. The van der Waals surface area contributed by atoms with Crippen LogP contribution in [0.1, 0.15) is 25.3 Å². The van der Waals surface area contributed by atoms with Crippen molar-refractivity contribution >= 4 is 5.69 Å². The molecule has 1 rings (SSSR count). The second-order valence-electron chi connectivity index (χ2n) is 3.09. The van der Waals surface area contributed by atoms with Gasteiger partial charge in [0, 0.05) is 10.6 Å². The van der Waals surface area contributed by atoms with E-state index in [1.807, 2.05) is 13.8 Å². The maximum Gasteiger partial charge on any atom is 0.116 e. The summed E-state index contributed by atoms with van der Waals surface area (Å²) >= 11 is 0. The molecule has 0 amide bonds. The van der Waals surface area contributed by atoms with Gasteiger partial charge in [-0.3, -0.25) is 0 Å². The van der Waals surface area contributed by atoms with E-state index in [9.17, 15) is 0 Å². The van der Waals surface area contributed by atoms with Crippen LogP contribution in [-0.4, -0.2) is 5.11 Å². The van der Waals surface area contributed by atoms with Gasteiger partial charge in [0.2, 0.25) is 0 Å². The summed E-state index contributed by atoms with van der Waals surface area (Å²) < 4.78 is 0. The van der Waals surface area contributed by atoms with Crippen LogP contribution in [0.15, 0.2) is 23.3 Å². The minimum absolute atomic E-state index is 0.117. The van der Waals surface area contributed by atoms with E-state index in [1.54, 1.807) is 12.1 Å². The number of aromatic hydroxyl groups is 1. The summed E-state index contributed by atoms with van der Waals surface area (Å²) in [7, 11) is 0. The monoisotopic (exact) mass is 177 g/mol. The van der Waals surface area contributed by atoms with Gasteiger partial charge >= 0.3 is 0 Å². The molecule has 0 atom stereocenters. The maximum atomic E-state index is 9.16. The molecular weight excluding hydrogens is 166 g/mol. The lowest BCUT2D eigenvalue weighted by Crippen LogP contribution is -1.86. The predicted molar refractivity (Wildman–Crippen MR) is 51.0 cm³/mol. The van der Waals surface area contributed by atoms with Gasteiger partial charge in [-0.1, -0.05) is 25.0 Å². The van der Waals surface area contributed by atoms with Crippen LogP contribution in [0.25, 0.3) is 10.4 Å². The van der Waals surface area contributed by atoms with Crippen molar-refractivity contribution in [2.24, 2.45) is 5.11 Å². The fourth-order valence-corrected chi connectivity index (χ4v) is 1.16. The van der Waals surface area contributed by atoms with E-state index in [1.165, 1.54) is 6.07 Å². The van der Waals surface area contributed by atoms with Gasteiger partial charge in [0.15, 0.2) is 0 Å². The molecule has 1 aromatic rings. The highest BCUT2D eigenvalue weighted by molar-refractivity contribution is 5.51. The molecule has 0 aliphatic heterocycles. The van der Waals surface area contributed by atoms with Gasteiger partial charge < -0.3 is 5.11 Å². The highest BCUT2D eigenvalue weighted by atomic mass is 16.3. The van der Waals surface area contributed by atoms with Gasteiger partial charge in [0.1, 0.15) is 5.75 Å². The zero-order valence-corrected chi connectivity index (χ0v) is 7.60. The SMILES string of the molecule is CC(C)c1ccc(O)cc1N=[N+]=[N-]. The zero-order chi connectivity index (χ0) is 9.84. The van der Waals surface area contributed by atoms with E-state index in [-0.39, 0.29) is 11.7 Å². The molecule has 1 N–H and O–H groups in total. The number of phenolic OH excluding ortho intramolecular Hbond substituents is 1. The molecule has 1 aromatic carbocycles. The number of hydrogen-bond donors (Lipinski definition) is 1. The summed E-state index contributed by atoms with van der Waals surface area (Å²) in [4.78, 5) is 2.70. The first kappa shape index (κ1) is 9.42. The van der Waals surface area contributed by atoms with Crippen molar-refractivity contribution in [2.45, 2.75) is 19.8 Å². The Morgan fingerprint density at radius 3 is 2.69 bits per heavy atom. The van der Waals surface area contributed by atoms with Crippen LogP contribution in [0.3, 0.4) is 0 Å². The maximum absolute atomic E-state index is 9.16. The van der Waals surface area contributed by atoms with Gasteiger partial charge in [-0.15, -0.1) is 0 Å². The van der Waals surface area contributed by atoms with E-state index in [0.29, 0.717) is 5.69 Å². The Bertz CT molecular complexity index is 354. The average molecular weight is 177 g/mol. The topological polar surface area (TPSA) is 69.0 Å². The third-order valence-corrected chi connectivity index (χ3v) is 1.79. The van der Waals surface area contributed by atoms with Crippen molar-refractivity contribution in [1.29, 1.82) is 0 Å². The third kappa shape index (κ3) is 2.13. The molecule has 0 aliphatic rings. The number of rotatable bonds is 2. The van der Waals surface area contributed by atoms with Crippen LogP contribution in [0, 0.1) is 0 Å². The average Bonchev–Trinajstić information content (AvgIpc) is 2.04. The largest absolute Gasteiger partial charge is 0.508 e. The summed E-state index contributed by atoms with van der Waals surface area (Å²) in [6.07, 6.45) is 0. The highest BCUT2D eigenvalue weighted by Gasteiger charge is 2.05. The number of hydrogen-bond acceptors (Lipinski definition) is 2. The summed E-state index contributed by atoms with van der Waals surface area (Å²) in [5.41, 5.74) is 9.73. The smallest absolute Gasteiger partial charge is 0.116 e. The molecule has 0 spiro atoms. The summed E-state index contributed by atoms with van der Waals surface area (Å²) in [6.45, 7) is 4.01. The Kier molecular flexibility index (Phi) is 2.77. The molecule has 4 nitrogen and oxygen atoms in total. The molecule has 0 bridgehead atoms. The third-order valence-electron chi connectivity index (χ3n) is 1.79. The molecular formula is C9H11N3O. The summed E-state index contributed by atoms with van der Waals surface area (Å²) in [5, 5.41) is 12.7. The van der Waals surface area contributed by atoms with E-state index < -0.39 is 0 Å². The Labute approximate surface area is 76.5 Å². The zero-order valence-electron chi connectivity index (χ0n) is 7.60. The molecule has 0 aromatic heterocycles. The molecule has 13 heavy (non-hydrogen) atoms. The lowest BCUT2D eigenvalue weighted by molar-refractivity contribution is 0.475. The summed E-state index contributed by atoms with van der Waals surface area (Å²) in [6, 6.07) is 4.82. The highest BCUT2D eigenvalue weighted by Crippen LogP contribution is 2.30. The van der Waals surface area contributed by atoms with Crippen molar-refractivity contribution in [2.75, 3.05) is 0 Å². The minimum Gasteiger partial charge on any atom is -0.508 e. The molecule has 0 saturated carbocycles. The van der Waals surface area contributed by atoms with Crippen LogP contribution >= 0.6 is 0 Å². The molecule has 0 aliphatic carbocycles. The van der Waals surface area contributed by atoms with Crippen molar-refractivity contribution in [3.8, 4) is 5.75 Å². The Balaban J connectivity index is 3.26. The standard InChI is InChI=1S/C9H11N3O/c1-6(2)8-4-3-7(13)5-9(8)11-12-10/h3-6,13H,1-2H3. The van der Waals surface area contributed by atoms with Crippen LogP contribution in [-0.2, 0) is 0 Å². The quantitative estimate of drug-likeness (QED) is 0.419. The first-order valence-corrected chi connectivity index (χ1v) is 4.03. The number of azide groups is 1. The first-order chi connectivity index (χ1) is 6.15. The Morgan fingerprint density at radius 2 is 2.15 bits per heavy atom. The van der Waals surface area contributed by atoms with E-state index >= 15 is 0 Å². The fourth-order valence-electron chi connectivity index (χ4n) is 1.16.